The molecule has 0 aliphatic rings. The molecule has 0 aromatic heterocycles. The van der Waals surface area contributed by atoms with E-state index in [1.807, 2.05) is 0 Å². The van der Waals surface area contributed by atoms with Crippen molar-refractivity contribution < 1.29 is 0 Å². The average molecular weight is 502 g/mol. The number of benzene rings is 1. The number of halogens is 3. The fourth-order valence-corrected chi connectivity index (χ4v) is 9.94. The van der Waals surface area contributed by atoms with Crippen LogP contribution in [-0.4, -0.2) is 0 Å². The van der Waals surface area contributed by atoms with Crippen molar-refractivity contribution in [3.8, 4) is 0 Å². The Morgan fingerprint density at radius 2 is 1.68 bits per heavy atom. The van der Waals surface area contributed by atoms with Crippen LogP contribution < -0.4 is 0 Å². The van der Waals surface area contributed by atoms with Crippen LogP contribution in [0.1, 0.15) is 51.9 Å². The van der Waals surface area contributed by atoms with Crippen LogP contribution >= 0.6 is 46.2 Å². The molecule has 0 bridgehead atoms. The molecule has 1 rings (SSSR count). The molecule has 0 heterocycles. The molecule has 0 fully saturated rings. The molecule has 0 radical (unpaired) electrons. The summed E-state index contributed by atoms with van der Waals surface area (Å²) in [5.41, 5.74) is 0. The molecule has 0 amide bonds. The summed E-state index contributed by atoms with van der Waals surface area (Å²) in [6.45, 7) is 2.27. The van der Waals surface area contributed by atoms with Gasteiger partial charge in [0.25, 0.3) is 0 Å². The predicted molar refractivity (Wildman–Crippen MR) is 103 cm³/mol. The Labute approximate surface area is 139 Å². The third-order valence-corrected chi connectivity index (χ3v) is 11.1. The average Bonchev–Trinajstić information content (AvgIpc) is 2.43. The van der Waals surface area contributed by atoms with Gasteiger partial charge in [0.2, 0.25) is 0 Å². The maximum atomic E-state index is 3.88. The van der Waals surface area contributed by atoms with Gasteiger partial charge in [0.05, 0.1) is 0 Å². The maximum absolute atomic E-state index is 3.88. The first-order valence-electron chi connectivity index (χ1n) is 7.00. The molecule has 0 atom stereocenters. The van der Waals surface area contributed by atoms with E-state index in [0.717, 1.165) is 0 Å². The van der Waals surface area contributed by atoms with E-state index < -0.39 is 17.6 Å². The van der Waals surface area contributed by atoms with Gasteiger partial charge in [0.15, 0.2) is 0 Å². The number of allylic oxidation sites excluding steroid dienone is 1. The Kier molecular flexibility index (Phi) is 10.6. The van der Waals surface area contributed by atoms with Gasteiger partial charge < -0.3 is 0 Å². The minimum absolute atomic E-state index is 1.19. The van der Waals surface area contributed by atoms with Crippen molar-refractivity contribution in [3.05, 3.63) is 42.5 Å². The predicted octanol–water partition coefficient (Wildman–Crippen LogP) is 7.66. The van der Waals surface area contributed by atoms with Gasteiger partial charge in [-0.25, -0.2) is 0 Å². The van der Waals surface area contributed by atoms with Crippen molar-refractivity contribution in [2.45, 2.75) is 51.9 Å². The first-order chi connectivity index (χ1) is 9.24. The van der Waals surface area contributed by atoms with E-state index in [2.05, 4.69) is 70.0 Å². The van der Waals surface area contributed by atoms with Crippen LogP contribution in [0, 0.1) is 3.57 Å². The first kappa shape index (κ1) is 17.7. The SMILES string of the molecule is CCCCCCCC/C(Br)=C/I(Br)c1ccccc1. The van der Waals surface area contributed by atoms with Gasteiger partial charge in [-0.05, 0) is 0 Å². The molecule has 3 heteroatoms. The van der Waals surface area contributed by atoms with Crippen LogP contribution in [0.5, 0.6) is 0 Å². The van der Waals surface area contributed by atoms with Gasteiger partial charge in [0.1, 0.15) is 0 Å². The summed E-state index contributed by atoms with van der Waals surface area (Å²) in [5, 5.41) is 0. The summed E-state index contributed by atoms with van der Waals surface area (Å²) in [6.07, 6.45) is 9.39. The van der Waals surface area contributed by atoms with Crippen LogP contribution in [0.3, 0.4) is 0 Å². The summed E-state index contributed by atoms with van der Waals surface area (Å²) in [6, 6.07) is 10.8. The summed E-state index contributed by atoms with van der Waals surface area (Å²) in [5.74, 6) is 0. The summed E-state index contributed by atoms with van der Waals surface area (Å²) in [4.78, 5) is 0. The van der Waals surface area contributed by atoms with E-state index in [0.29, 0.717) is 0 Å². The third-order valence-electron chi connectivity index (χ3n) is 2.92. The Hall–Kier alpha value is 0.650. The zero-order valence-corrected chi connectivity index (χ0v) is 16.9. The molecule has 0 nitrogen and oxygen atoms in total. The second-order valence-electron chi connectivity index (χ2n) is 4.63. The van der Waals surface area contributed by atoms with Crippen LogP contribution in [0.25, 0.3) is 0 Å². The van der Waals surface area contributed by atoms with E-state index in [9.17, 15) is 0 Å². The fourth-order valence-electron chi connectivity index (χ4n) is 1.83. The Balaban J connectivity index is 2.25. The number of unbranched alkanes of at least 4 members (excludes halogenated alkanes) is 5. The molecule has 0 aliphatic carbocycles. The topological polar surface area (TPSA) is 0 Å². The van der Waals surface area contributed by atoms with Crippen LogP contribution in [0.4, 0.5) is 0 Å². The van der Waals surface area contributed by atoms with Crippen LogP contribution in [0.2, 0.25) is 0 Å². The molecular formula is C16H23Br2I. The zero-order chi connectivity index (χ0) is 13.9. The quantitative estimate of drug-likeness (QED) is 0.240. The van der Waals surface area contributed by atoms with Gasteiger partial charge in [-0.15, -0.1) is 0 Å². The van der Waals surface area contributed by atoms with E-state index in [1.165, 1.54) is 53.0 Å². The summed E-state index contributed by atoms with van der Waals surface area (Å²) < 4.78 is 5.27. The monoisotopic (exact) mass is 500 g/mol. The summed E-state index contributed by atoms with van der Waals surface area (Å²) >= 11 is 6.35. The zero-order valence-electron chi connectivity index (χ0n) is 11.5. The third kappa shape index (κ3) is 8.51. The molecule has 0 unspecified atom stereocenters. The Morgan fingerprint density at radius 1 is 1.05 bits per heavy atom. The van der Waals surface area contributed by atoms with Crippen LogP contribution in [-0.2, 0) is 0 Å². The second kappa shape index (κ2) is 11.3. The van der Waals surface area contributed by atoms with Gasteiger partial charge in [0, 0.05) is 0 Å². The van der Waals surface area contributed by atoms with Gasteiger partial charge in [-0.2, -0.15) is 0 Å². The molecule has 0 saturated carbocycles. The van der Waals surface area contributed by atoms with E-state index in [1.54, 1.807) is 0 Å². The molecule has 0 saturated heterocycles. The molecule has 0 spiro atoms. The number of hydrogen-bond acceptors (Lipinski definition) is 0. The van der Waals surface area contributed by atoms with Crippen molar-refractivity contribution in [2.75, 3.05) is 0 Å². The van der Waals surface area contributed by atoms with Crippen molar-refractivity contribution >= 4 is 46.2 Å². The van der Waals surface area contributed by atoms with Gasteiger partial charge in [-0.1, -0.05) is 0 Å². The minimum atomic E-state index is -1.26. The van der Waals surface area contributed by atoms with E-state index in [-0.39, 0.29) is 0 Å². The van der Waals surface area contributed by atoms with E-state index in [4.69, 9.17) is 0 Å². The van der Waals surface area contributed by atoms with Gasteiger partial charge >= 0.3 is 141 Å². The molecule has 1 aromatic carbocycles. The van der Waals surface area contributed by atoms with Crippen LogP contribution in [0.15, 0.2) is 38.9 Å². The van der Waals surface area contributed by atoms with Crippen molar-refractivity contribution in [2.24, 2.45) is 0 Å². The van der Waals surface area contributed by atoms with Crippen molar-refractivity contribution in [1.29, 1.82) is 0 Å². The Morgan fingerprint density at radius 3 is 2.37 bits per heavy atom. The summed E-state index contributed by atoms with van der Waals surface area (Å²) in [7, 11) is 0. The van der Waals surface area contributed by atoms with Crippen molar-refractivity contribution in [1.82, 2.24) is 0 Å². The molecule has 108 valence electrons. The molecule has 19 heavy (non-hydrogen) atoms. The molecule has 1 aromatic rings. The van der Waals surface area contributed by atoms with Crippen molar-refractivity contribution in [3.63, 3.8) is 0 Å². The van der Waals surface area contributed by atoms with Gasteiger partial charge in [-0.3, -0.25) is 0 Å². The normalized spacial score (nSPS) is 12.6. The van der Waals surface area contributed by atoms with E-state index >= 15 is 0 Å². The molecule has 0 aliphatic heterocycles. The first-order valence-corrected chi connectivity index (χ1v) is 15.0. The molecular weight excluding hydrogens is 479 g/mol. The molecule has 0 N–H and O–H groups in total. The second-order valence-corrected chi connectivity index (χ2v) is 13.4. The standard InChI is InChI=1S/C16H23Br2I/c1-2-3-4-5-6-8-11-15(17)14-19(18)16-12-9-7-10-13-16/h7,9-10,12-14H,2-6,8,11H2,1H3/b15-14-. The number of hydrogen-bond donors (Lipinski definition) is 0. The number of rotatable bonds is 9. The Bertz CT molecular complexity index is 362. The fraction of sp³-hybridized carbons (Fsp3) is 0.500.